The first-order valence-corrected chi connectivity index (χ1v) is 5.70. The van der Waals surface area contributed by atoms with Crippen molar-refractivity contribution >= 4 is 17.7 Å². The molecule has 1 N–H and O–H groups in total. The minimum Gasteiger partial charge on any atom is -0.469 e. The van der Waals surface area contributed by atoms with Crippen molar-refractivity contribution < 1.29 is 9.53 Å². The summed E-state index contributed by atoms with van der Waals surface area (Å²) in [6.07, 6.45) is 0.517. The number of carbonyl (C=O) groups is 1. The van der Waals surface area contributed by atoms with Gasteiger partial charge in [0.1, 0.15) is 0 Å². The van der Waals surface area contributed by atoms with Crippen LogP contribution in [0.15, 0.2) is 0 Å². The van der Waals surface area contributed by atoms with Crippen LogP contribution in [0.25, 0.3) is 0 Å². The van der Waals surface area contributed by atoms with E-state index >= 15 is 0 Å². The van der Waals surface area contributed by atoms with Crippen molar-refractivity contribution in [2.24, 2.45) is 0 Å². The Hall–Kier alpha value is -0.220. The maximum absolute atomic E-state index is 10.7. The minimum absolute atomic E-state index is 0.121. The quantitative estimate of drug-likeness (QED) is 0.502. The molecule has 0 aliphatic heterocycles. The average Bonchev–Trinajstić information content (AvgIpc) is 2.10. The minimum atomic E-state index is -0.121. The number of methoxy groups -OCH3 is 1. The molecule has 0 atom stereocenters. The van der Waals surface area contributed by atoms with Gasteiger partial charge in [0.15, 0.2) is 0 Å². The Balaban J connectivity index is 3.04. The van der Waals surface area contributed by atoms with E-state index < -0.39 is 0 Å². The van der Waals surface area contributed by atoms with Crippen LogP contribution in [-0.2, 0) is 9.53 Å². The zero-order valence-electron chi connectivity index (χ0n) is 8.63. The Morgan fingerprint density at radius 2 is 2.15 bits per heavy atom. The van der Waals surface area contributed by atoms with E-state index in [2.05, 4.69) is 23.9 Å². The SMILES string of the molecule is COC(=O)CCSCCNC(C)C. The molecule has 0 aliphatic rings. The van der Waals surface area contributed by atoms with Crippen molar-refractivity contribution in [3.63, 3.8) is 0 Å². The van der Waals surface area contributed by atoms with Crippen LogP contribution in [-0.4, -0.2) is 37.2 Å². The van der Waals surface area contributed by atoms with Crippen LogP contribution in [0, 0.1) is 0 Å². The van der Waals surface area contributed by atoms with Crippen LogP contribution >= 0.6 is 11.8 Å². The summed E-state index contributed by atoms with van der Waals surface area (Å²) in [5.41, 5.74) is 0. The van der Waals surface area contributed by atoms with Crippen LogP contribution in [0.3, 0.4) is 0 Å². The molecule has 0 radical (unpaired) electrons. The monoisotopic (exact) mass is 205 g/mol. The standard InChI is InChI=1S/C9H19NO2S/c1-8(2)10-5-7-13-6-4-9(11)12-3/h8,10H,4-7H2,1-3H3. The van der Waals surface area contributed by atoms with Crippen LogP contribution in [0.4, 0.5) is 0 Å². The van der Waals surface area contributed by atoms with E-state index in [1.165, 1.54) is 7.11 Å². The predicted molar refractivity (Wildman–Crippen MR) is 57.1 cm³/mol. The van der Waals surface area contributed by atoms with Gasteiger partial charge in [0.2, 0.25) is 0 Å². The van der Waals surface area contributed by atoms with Gasteiger partial charge in [0.25, 0.3) is 0 Å². The van der Waals surface area contributed by atoms with E-state index in [1.807, 2.05) is 0 Å². The molecule has 0 aromatic heterocycles. The number of hydrogen-bond donors (Lipinski definition) is 1. The number of rotatable bonds is 7. The average molecular weight is 205 g/mol. The molecule has 0 saturated carbocycles. The Morgan fingerprint density at radius 3 is 2.69 bits per heavy atom. The van der Waals surface area contributed by atoms with Gasteiger partial charge in [0.05, 0.1) is 13.5 Å². The Morgan fingerprint density at radius 1 is 1.46 bits per heavy atom. The molecule has 0 aromatic rings. The maximum Gasteiger partial charge on any atom is 0.306 e. The highest BCUT2D eigenvalue weighted by Gasteiger charge is 1.99. The van der Waals surface area contributed by atoms with E-state index in [4.69, 9.17) is 0 Å². The summed E-state index contributed by atoms with van der Waals surface area (Å²) < 4.78 is 4.53. The first-order chi connectivity index (χ1) is 6.16. The molecule has 13 heavy (non-hydrogen) atoms. The Kier molecular flexibility index (Phi) is 8.24. The maximum atomic E-state index is 10.7. The van der Waals surface area contributed by atoms with E-state index in [0.717, 1.165) is 18.1 Å². The van der Waals surface area contributed by atoms with Crippen molar-refractivity contribution in [1.29, 1.82) is 0 Å². The molecule has 3 nitrogen and oxygen atoms in total. The molecule has 78 valence electrons. The van der Waals surface area contributed by atoms with Crippen molar-refractivity contribution in [2.45, 2.75) is 26.3 Å². The van der Waals surface area contributed by atoms with Crippen LogP contribution in [0.2, 0.25) is 0 Å². The number of thioether (sulfide) groups is 1. The van der Waals surface area contributed by atoms with Gasteiger partial charge in [0, 0.05) is 24.1 Å². The Bertz CT molecular complexity index is 140. The highest BCUT2D eigenvalue weighted by molar-refractivity contribution is 7.99. The van der Waals surface area contributed by atoms with Crippen LogP contribution in [0.1, 0.15) is 20.3 Å². The number of carbonyl (C=O) groups excluding carboxylic acids is 1. The second-order valence-corrected chi connectivity index (χ2v) is 4.27. The highest BCUT2D eigenvalue weighted by Crippen LogP contribution is 2.01. The lowest BCUT2D eigenvalue weighted by atomic mass is 10.4. The summed E-state index contributed by atoms with van der Waals surface area (Å²) in [6.45, 7) is 5.25. The number of esters is 1. The summed E-state index contributed by atoms with van der Waals surface area (Å²) >= 11 is 1.78. The molecule has 0 rings (SSSR count). The second kappa shape index (κ2) is 8.38. The van der Waals surface area contributed by atoms with Crippen LogP contribution < -0.4 is 5.32 Å². The van der Waals surface area contributed by atoms with Crippen molar-refractivity contribution in [3.8, 4) is 0 Å². The van der Waals surface area contributed by atoms with E-state index in [-0.39, 0.29) is 5.97 Å². The molecule has 0 aromatic carbocycles. The molecule has 0 aliphatic carbocycles. The normalized spacial score (nSPS) is 10.5. The van der Waals surface area contributed by atoms with Crippen molar-refractivity contribution in [1.82, 2.24) is 5.32 Å². The van der Waals surface area contributed by atoms with Gasteiger partial charge in [-0.05, 0) is 0 Å². The third-order valence-corrected chi connectivity index (χ3v) is 2.46. The van der Waals surface area contributed by atoms with E-state index in [0.29, 0.717) is 12.5 Å². The number of hydrogen-bond acceptors (Lipinski definition) is 4. The lowest BCUT2D eigenvalue weighted by molar-refractivity contribution is -0.140. The van der Waals surface area contributed by atoms with E-state index in [9.17, 15) is 4.79 Å². The van der Waals surface area contributed by atoms with Gasteiger partial charge in [-0.2, -0.15) is 11.8 Å². The van der Waals surface area contributed by atoms with Gasteiger partial charge < -0.3 is 10.1 Å². The number of ether oxygens (including phenoxy) is 1. The van der Waals surface area contributed by atoms with Crippen LogP contribution in [0.5, 0.6) is 0 Å². The lowest BCUT2D eigenvalue weighted by Crippen LogP contribution is -2.25. The highest BCUT2D eigenvalue weighted by atomic mass is 32.2. The summed E-state index contributed by atoms with van der Waals surface area (Å²) in [5, 5.41) is 3.31. The zero-order chi connectivity index (χ0) is 10.1. The fourth-order valence-electron chi connectivity index (χ4n) is 0.779. The molecule has 0 saturated heterocycles. The fourth-order valence-corrected chi connectivity index (χ4v) is 1.56. The van der Waals surface area contributed by atoms with Gasteiger partial charge >= 0.3 is 5.97 Å². The number of nitrogens with one attached hydrogen (secondary N) is 1. The molecular formula is C9H19NO2S. The summed E-state index contributed by atoms with van der Waals surface area (Å²) in [6, 6.07) is 0.543. The predicted octanol–water partition coefficient (Wildman–Crippen LogP) is 1.28. The topological polar surface area (TPSA) is 38.3 Å². The smallest absolute Gasteiger partial charge is 0.306 e. The molecule has 0 bridgehead atoms. The summed E-state index contributed by atoms with van der Waals surface area (Å²) in [5.74, 6) is 1.78. The molecule has 0 spiro atoms. The summed E-state index contributed by atoms with van der Waals surface area (Å²) in [4.78, 5) is 10.7. The molecule has 0 unspecified atom stereocenters. The molecular weight excluding hydrogens is 186 g/mol. The van der Waals surface area contributed by atoms with Crippen molar-refractivity contribution in [3.05, 3.63) is 0 Å². The third kappa shape index (κ3) is 9.70. The van der Waals surface area contributed by atoms with Gasteiger partial charge in [-0.1, -0.05) is 13.8 Å². The first kappa shape index (κ1) is 12.8. The molecule has 0 heterocycles. The fraction of sp³-hybridized carbons (Fsp3) is 0.889. The molecule has 4 heteroatoms. The largest absolute Gasteiger partial charge is 0.469 e. The van der Waals surface area contributed by atoms with Gasteiger partial charge in [-0.25, -0.2) is 0 Å². The first-order valence-electron chi connectivity index (χ1n) is 4.54. The van der Waals surface area contributed by atoms with Crippen molar-refractivity contribution in [2.75, 3.05) is 25.2 Å². The van der Waals surface area contributed by atoms with Gasteiger partial charge in [-0.15, -0.1) is 0 Å². The lowest BCUT2D eigenvalue weighted by Gasteiger charge is -2.06. The van der Waals surface area contributed by atoms with E-state index in [1.54, 1.807) is 11.8 Å². The third-order valence-electron chi connectivity index (χ3n) is 1.48. The zero-order valence-corrected chi connectivity index (χ0v) is 9.45. The second-order valence-electron chi connectivity index (χ2n) is 3.05. The van der Waals surface area contributed by atoms with Gasteiger partial charge in [-0.3, -0.25) is 4.79 Å². The molecule has 0 fully saturated rings. The summed E-state index contributed by atoms with van der Waals surface area (Å²) in [7, 11) is 1.42. The molecule has 0 amide bonds. The Labute approximate surface area is 84.6 Å².